The Kier molecular flexibility index (Phi) is 2.48. The molecule has 0 saturated heterocycles. The second-order valence-electron chi connectivity index (χ2n) is 4.10. The Morgan fingerprint density at radius 2 is 2.00 bits per heavy atom. The minimum atomic E-state index is 0.0127. The molecule has 1 heterocycles. The second kappa shape index (κ2) is 3.23. The molecule has 2 nitrogen and oxygen atoms in total. The van der Waals surface area contributed by atoms with E-state index in [1.54, 1.807) is 6.20 Å². The van der Waals surface area contributed by atoms with Crippen molar-refractivity contribution in [2.75, 3.05) is 0 Å². The molecule has 66 valence electrons. The number of rotatable bonds is 1. The molecule has 1 rings (SSSR count). The van der Waals surface area contributed by atoms with Crippen LogP contribution in [0.4, 0.5) is 0 Å². The van der Waals surface area contributed by atoms with Gasteiger partial charge in [0.25, 0.3) is 0 Å². The zero-order valence-electron chi connectivity index (χ0n) is 7.91. The van der Waals surface area contributed by atoms with Crippen molar-refractivity contribution in [3.05, 3.63) is 30.1 Å². The topological polar surface area (TPSA) is 38.9 Å². The minimum Gasteiger partial charge on any atom is -0.322 e. The second-order valence-corrected chi connectivity index (χ2v) is 4.10. The average Bonchev–Trinajstić information content (AvgIpc) is 2.03. The molecule has 0 bridgehead atoms. The lowest BCUT2D eigenvalue weighted by Gasteiger charge is -2.26. The van der Waals surface area contributed by atoms with Crippen LogP contribution in [-0.2, 0) is 0 Å². The van der Waals surface area contributed by atoms with Crippen LogP contribution >= 0.6 is 0 Å². The average molecular weight is 164 g/mol. The summed E-state index contributed by atoms with van der Waals surface area (Å²) in [5.41, 5.74) is 7.05. The van der Waals surface area contributed by atoms with Crippen LogP contribution in [0, 0.1) is 5.41 Å². The Morgan fingerprint density at radius 1 is 1.33 bits per heavy atom. The standard InChI is InChI=1S/C10H16N2/c1-10(2,3)9(11)8-6-4-5-7-12-8/h4-7,9H,11H2,1-3H3. The molecule has 0 saturated carbocycles. The summed E-state index contributed by atoms with van der Waals surface area (Å²) in [6.45, 7) is 6.35. The van der Waals surface area contributed by atoms with Crippen molar-refractivity contribution in [3.8, 4) is 0 Å². The molecule has 0 aliphatic carbocycles. The predicted octanol–water partition coefficient (Wildman–Crippen LogP) is 2.13. The van der Waals surface area contributed by atoms with Crippen molar-refractivity contribution in [3.63, 3.8) is 0 Å². The highest BCUT2D eigenvalue weighted by molar-refractivity contribution is 5.10. The Balaban J connectivity index is 2.86. The van der Waals surface area contributed by atoms with Crippen molar-refractivity contribution in [1.82, 2.24) is 4.98 Å². The molecule has 0 aliphatic rings. The first kappa shape index (κ1) is 9.20. The molecule has 0 aromatic carbocycles. The number of hydrogen-bond acceptors (Lipinski definition) is 2. The summed E-state index contributed by atoms with van der Waals surface area (Å²) < 4.78 is 0. The molecule has 1 aromatic rings. The van der Waals surface area contributed by atoms with Crippen molar-refractivity contribution in [2.45, 2.75) is 26.8 Å². The fraction of sp³-hybridized carbons (Fsp3) is 0.500. The number of aromatic nitrogens is 1. The van der Waals surface area contributed by atoms with E-state index in [4.69, 9.17) is 5.73 Å². The van der Waals surface area contributed by atoms with Crippen LogP contribution in [0.25, 0.3) is 0 Å². The Hall–Kier alpha value is -0.890. The summed E-state index contributed by atoms with van der Waals surface area (Å²) in [6.07, 6.45) is 1.78. The van der Waals surface area contributed by atoms with Crippen molar-refractivity contribution in [1.29, 1.82) is 0 Å². The first-order valence-electron chi connectivity index (χ1n) is 4.18. The molecule has 2 N–H and O–H groups in total. The van der Waals surface area contributed by atoms with E-state index in [1.165, 1.54) is 0 Å². The van der Waals surface area contributed by atoms with Gasteiger partial charge in [-0.3, -0.25) is 4.98 Å². The molecular formula is C10H16N2. The summed E-state index contributed by atoms with van der Waals surface area (Å²) >= 11 is 0. The molecule has 0 fully saturated rings. The number of nitrogens with two attached hydrogens (primary N) is 1. The van der Waals surface area contributed by atoms with Gasteiger partial charge in [-0.25, -0.2) is 0 Å². The molecule has 0 spiro atoms. The van der Waals surface area contributed by atoms with E-state index in [-0.39, 0.29) is 11.5 Å². The summed E-state index contributed by atoms with van der Waals surface area (Å²) in [5, 5.41) is 0. The van der Waals surface area contributed by atoms with Crippen LogP contribution in [-0.4, -0.2) is 4.98 Å². The summed E-state index contributed by atoms with van der Waals surface area (Å²) in [5.74, 6) is 0. The zero-order valence-corrected chi connectivity index (χ0v) is 7.91. The van der Waals surface area contributed by atoms with E-state index in [1.807, 2.05) is 18.2 Å². The van der Waals surface area contributed by atoms with Gasteiger partial charge < -0.3 is 5.73 Å². The maximum atomic E-state index is 6.01. The third-order valence-electron chi connectivity index (χ3n) is 1.94. The van der Waals surface area contributed by atoms with Gasteiger partial charge in [-0.2, -0.15) is 0 Å². The van der Waals surface area contributed by atoms with E-state index >= 15 is 0 Å². The van der Waals surface area contributed by atoms with Crippen LogP contribution in [0.15, 0.2) is 24.4 Å². The fourth-order valence-electron chi connectivity index (χ4n) is 1.00. The van der Waals surface area contributed by atoms with Crippen molar-refractivity contribution >= 4 is 0 Å². The van der Waals surface area contributed by atoms with Crippen LogP contribution in [0.1, 0.15) is 32.5 Å². The van der Waals surface area contributed by atoms with Gasteiger partial charge in [0.05, 0.1) is 11.7 Å². The van der Waals surface area contributed by atoms with Gasteiger partial charge in [-0.05, 0) is 17.5 Å². The van der Waals surface area contributed by atoms with Gasteiger partial charge in [0, 0.05) is 6.20 Å². The number of hydrogen-bond donors (Lipinski definition) is 1. The molecule has 0 amide bonds. The van der Waals surface area contributed by atoms with E-state index in [2.05, 4.69) is 25.8 Å². The lowest BCUT2D eigenvalue weighted by atomic mass is 9.85. The minimum absolute atomic E-state index is 0.0127. The summed E-state index contributed by atoms with van der Waals surface area (Å²) in [4.78, 5) is 4.22. The predicted molar refractivity (Wildman–Crippen MR) is 50.6 cm³/mol. The van der Waals surface area contributed by atoms with E-state index < -0.39 is 0 Å². The van der Waals surface area contributed by atoms with Gasteiger partial charge in [-0.15, -0.1) is 0 Å². The quantitative estimate of drug-likeness (QED) is 0.690. The lowest BCUT2D eigenvalue weighted by molar-refractivity contribution is 0.321. The maximum absolute atomic E-state index is 6.01. The highest BCUT2D eigenvalue weighted by atomic mass is 14.8. The normalized spacial score (nSPS) is 14.3. The van der Waals surface area contributed by atoms with Crippen LogP contribution in [0.2, 0.25) is 0 Å². The van der Waals surface area contributed by atoms with Gasteiger partial charge >= 0.3 is 0 Å². The molecule has 0 radical (unpaired) electrons. The van der Waals surface area contributed by atoms with Gasteiger partial charge in [0.15, 0.2) is 0 Å². The van der Waals surface area contributed by atoms with E-state index in [9.17, 15) is 0 Å². The largest absolute Gasteiger partial charge is 0.322 e. The SMILES string of the molecule is CC(C)(C)C(N)c1ccccn1. The van der Waals surface area contributed by atoms with E-state index in [0.29, 0.717) is 0 Å². The molecule has 2 heteroatoms. The zero-order chi connectivity index (χ0) is 9.19. The van der Waals surface area contributed by atoms with Crippen LogP contribution in [0.5, 0.6) is 0 Å². The fourth-order valence-corrected chi connectivity index (χ4v) is 1.00. The maximum Gasteiger partial charge on any atom is 0.0576 e. The molecule has 1 aromatic heterocycles. The number of nitrogens with zero attached hydrogens (tertiary/aromatic N) is 1. The molecule has 1 unspecified atom stereocenters. The third-order valence-corrected chi connectivity index (χ3v) is 1.94. The third kappa shape index (κ3) is 2.05. The highest BCUT2D eigenvalue weighted by Gasteiger charge is 2.22. The first-order chi connectivity index (χ1) is 5.52. The van der Waals surface area contributed by atoms with Gasteiger partial charge in [-0.1, -0.05) is 26.8 Å². The molecule has 0 aliphatic heterocycles. The Morgan fingerprint density at radius 3 is 2.42 bits per heavy atom. The molecule has 1 atom stereocenters. The van der Waals surface area contributed by atoms with E-state index in [0.717, 1.165) is 5.69 Å². The van der Waals surface area contributed by atoms with Crippen LogP contribution < -0.4 is 5.73 Å². The number of pyridine rings is 1. The van der Waals surface area contributed by atoms with Crippen LogP contribution in [0.3, 0.4) is 0 Å². The Bertz CT molecular complexity index is 236. The molecule has 12 heavy (non-hydrogen) atoms. The summed E-state index contributed by atoms with van der Waals surface area (Å²) in [7, 11) is 0. The highest BCUT2D eigenvalue weighted by Crippen LogP contribution is 2.28. The van der Waals surface area contributed by atoms with Gasteiger partial charge in [0.2, 0.25) is 0 Å². The van der Waals surface area contributed by atoms with Crippen molar-refractivity contribution in [2.24, 2.45) is 11.1 Å². The Labute approximate surface area is 73.8 Å². The lowest BCUT2D eigenvalue weighted by Crippen LogP contribution is -2.26. The van der Waals surface area contributed by atoms with Gasteiger partial charge in [0.1, 0.15) is 0 Å². The smallest absolute Gasteiger partial charge is 0.0576 e. The summed E-state index contributed by atoms with van der Waals surface area (Å²) in [6, 6.07) is 5.85. The first-order valence-corrected chi connectivity index (χ1v) is 4.18. The molecular weight excluding hydrogens is 148 g/mol. The van der Waals surface area contributed by atoms with Crippen molar-refractivity contribution < 1.29 is 0 Å². The monoisotopic (exact) mass is 164 g/mol.